The summed E-state index contributed by atoms with van der Waals surface area (Å²) in [5.41, 5.74) is 8.42. The summed E-state index contributed by atoms with van der Waals surface area (Å²) in [5, 5.41) is 1.31. The normalized spacial score (nSPS) is 23.6. The van der Waals surface area contributed by atoms with Gasteiger partial charge in [0.15, 0.2) is 0 Å². The molecule has 94 valence electrons. The van der Waals surface area contributed by atoms with Gasteiger partial charge in [0.25, 0.3) is 0 Å². The second kappa shape index (κ2) is 5.07. The molecule has 0 bridgehead atoms. The van der Waals surface area contributed by atoms with Crippen LogP contribution in [0.4, 0.5) is 0 Å². The highest BCUT2D eigenvalue weighted by Gasteiger charge is 2.26. The van der Waals surface area contributed by atoms with E-state index in [0.29, 0.717) is 0 Å². The monoisotopic (exact) mass is 240 g/mol. The third kappa shape index (κ3) is 2.13. The fraction of sp³-hybridized carbons (Fsp3) is 0.438. The molecule has 2 heteroatoms. The van der Waals surface area contributed by atoms with Crippen molar-refractivity contribution in [3.8, 4) is 0 Å². The van der Waals surface area contributed by atoms with Crippen molar-refractivity contribution >= 4 is 10.9 Å². The molecule has 2 N–H and O–H groups in total. The largest absolute Gasteiger partial charge is 0.330 e. The van der Waals surface area contributed by atoms with Crippen molar-refractivity contribution in [3.05, 3.63) is 42.1 Å². The van der Waals surface area contributed by atoms with Gasteiger partial charge in [-0.2, -0.15) is 0 Å². The third-order valence-corrected chi connectivity index (χ3v) is 4.34. The van der Waals surface area contributed by atoms with Gasteiger partial charge in [0.2, 0.25) is 0 Å². The van der Waals surface area contributed by atoms with Crippen molar-refractivity contribution in [2.45, 2.75) is 25.7 Å². The van der Waals surface area contributed by atoms with E-state index in [4.69, 9.17) is 5.73 Å². The number of para-hydroxylation sites is 1. The van der Waals surface area contributed by atoms with E-state index in [1.165, 1.54) is 30.2 Å². The number of nitrogens with zero attached hydrogens (tertiary/aromatic N) is 1. The molecule has 1 aromatic carbocycles. The fourth-order valence-electron chi connectivity index (χ4n) is 3.31. The first-order valence-electron chi connectivity index (χ1n) is 6.91. The number of rotatable bonds is 3. The van der Waals surface area contributed by atoms with E-state index in [1.807, 2.05) is 6.20 Å². The SMILES string of the molecule is NCC1CCCC1Cc1ccnc2ccccc12. The summed E-state index contributed by atoms with van der Waals surface area (Å²) in [5.74, 6) is 1.48. The van der Waals surface area contributed by atoms with Crippen molar-refractivity contribution in [2.75, 3.05) is 6.54 Å². The van der Waals surface area contributed by atoms with Gasteiger partial charge in [-0.05, 0) is 55.3 Å². The molecule has 0 saturated heterocycles. The Bertz CT molecular complexity index is 530. The van der Waals surface area contributed by atoms with Crippen LogP contribution in [0.3, 0.4) is 0 Å². The van der Waals surface area contributed by atoms with Crippen LogP contribution in [0.15, 0.2) is 36.5 Å². The van der Waals surface area contributed by atoms with Crippen LogP contribution in [-0.2, 0) is 6.42 Å². The average Bonchev–Trinajstić information content (AvgIpc) is 2.86. The Morgan fingerprint density at radius 2 is 1.94 bits per heavy atom. The number of benzene rings is 1. The molecule has 0 aliphatic heterocycles. The molecule has 1 aliphatic carbocycles. The topological polar surface area (TPSA) is 38.9 Å². The van der Waals surface area contributed by atoms with Crippen LogP contribution >= 0.6 is 0 Å². The summed E-state index contributed by atoms with van der Waals surface area (Å²) in [6.45, 7) is 0.841. The van der Waals surface area contributed by atoms with Crippen LogP contribution in [0.25, 0.3) is 10.9 Å². The minimum Gasteiger partial charge on any atom is -0.330 e. The number of hydrogen-bond donors (Lipinski definition) is 1. The Balaban J connectivity index is 1.90. The maximum Gasteiger partial charge on any atom is 0.0704 e. The van der Waals surface area contributed by atoms with Crippen molar-refractivity contribution in [2.24, 2.45) is 17.6 Å². The summed E-state index contributed by atoms with van der Waals surface area (Å²) in [6.07, 6.45) is 7.08. The van der Waals surface area contributed by atoms with Crippen LogP contribution in [-0.4, -0.2) is 11.5 Å². The van der Waals surface area contributed by atoms with Crippen LogP contribution < -0.4 is 5.73 Å². The van der Waals surface area contributed by atoms with Gasteiger partial charge in [-0.25, -0.2) is 0 Å². The van der Waals surface area contributed by atoms with E-state index < -0.39 is 0 Å². The number of pyridine rings is 1. The zero-order valence-corrected chi connectivity index (χ0v) is 10.7. The first-order valence-corrected chi connectivity index (χ1v) is 6.91. The lowest BCUT2D eigenvalue weighted by atomic mass is 9.88. The molecule has 2 unspecified atom stereocenters. The van der Waals surface area contributed by atoms with Gasteiger partial charge >= 0.3 is 0 Å². The molecule has 2 aromatic rings. The first kappa shape index (κ1) is 11.7. The van der Waals surface area contributed by atoms with E-state index >= 15 is 0 Å². The van der Waals surface area contributed by atoms with Gasteiger partial charge in [0.05, 0.1) is 5.52 Å². The molecule has 3 rings (SSSR count). The minimum atomic E-state index is 0.719. The number of fused-ring (bicyclic) bond motifs is 1. The standard InChI is InChI=1S/C16H20N2/c17-11-14-5-3-4-12(14)10-13-8-9-18-16-7-2-1-6-15(13)16/h1-2,6-9,12,14H,3-5,10-11,17H2. The number of aromatic nitrogens is 1. The Kier molecular flexibility index (Phi) is 3.28. The van der Waals surface area contributed by atoms with E-state index in [9.17, 15) is 0 Å². The Hall–Kier alpha value is -1.41. The van der Waals surface area contributed by atoms with Crippen molar-refractivity contribution in [1.29, 1.82) is 0 Å². The van der Waals surface area contributed by atoms with Gasteiger partial charge in [0, 0.05) is 11.6 Å². The highest BCUT2D eigenvalue weighted by molar-refractivity contribution is 5.81. The molecule has 2 nitrogen and oxygen atoms in total. The quantitative estimate of drug-likeness (QED) is 0.895. The molecule has 0 amide bonds. The van der Waals surface area contributed by atoms with Crippen molar-refractivity contribution in [3.63, 3.8) is 0 Å². The Morgan fingerprint density at radius 3 is 2.83 bits per heavy atom. The first-order chi connectivity index (χ1) is 8.88. The molecule has 2 atom stereocenters. The molecule has 1 heterocycles. The highest BCUT2D eigenvalue weighted by atomic mass is 14.6. The van der Waals surface area contributed by atoms with Gasteiger partial charge in [-0.15, -0.1) is 0 Å². The van der Waals surface area contributed by atoms with Crippen LogP contribution in [0.5, 0.6) is 0 Å². The van der Waals surface area contributed by atoms with E-state index in [1.54, 1.807) is 0 Å². The predicted octanol–water partition coefficient (Wildman–Crippen LogP) is 3.15. The lowest BCUT2D eigenvalue weighted by molar-refractivity contribution is 0.395. The van der Waals surface area contributed by atoms with Crippen LogP contribution in [0, 0.1) is 11.8 Å². The second-order valence-electron chi connectivity index (χ2n) is 5.38. The molecule has 1 fully saturated rings. The van der Waals surface area contributed by atoms with Crippen LogP contribution in [0.2, 0.25) is 0 Å². The van der Waals surface area contributed by atoms with Crippen molar-refractivity contribution < 1.29 is 0 Å². The molecular formula is C16H20N2. The molecular weight excluding hydrogens is 220 g/mol. The maximum atomic E-state index is 5.88. The van der Waals surface area contributed by atoms with Gasteiger partial charge in [0.1, 0.15) is 0 Å². The summed E-state index contributed by atoms with van der Waals surface area (Å²) in [7, 11) is 0. The summed E-state index contributed by atoms with van der Waals surface area (Å²) in [6, 6.07) is 10.6. The average molecular weight is 240 g/mol. The van der Waals surface area contributed by atoms with Crippen LogP contribution in [0.1, 0.15) is 24.8 Å². The number of nitrogens with two attached hydrogens (primary N) is 1. The minimum absolute atomic E-state index is 0.719. The molecule has 1 aromatic heterocycles. The Morgan fingerprint density at radius 1 is 1.11 bits per heavy atom. The summed E-state index contributed by atoms with van der Waals surface area (Å²) >= 11 is 0. The zero-order valence-electron chi connectivity index (χ0n) is 10.7. The lowest BCUT2D eigenvalue weighted by Gasteiger charge is -2.18. The zero-order chi connectivity index (χ0) is 12.4. The summed E-state index contributed by atoms with van der Waals surface area (Å²) in [4.78, 5) is 4.43. The molecule has 0 radical (unpaired) electrons. The second-order valence-corrected chi connectivity index (χ2v) is 5.38. The number of hydrogen-bond acceptors (Lipinski definition) is 2. The molecule has 1 saturated carbocycles. The van der Waals surface area contributed by atoms with E-state index in [2.05, 4.69) is 35.3 Å². The van der Waals surface area contributed by atoms with Gasteiger partial charge in [-0.1, -0.05) is 24.6 Å². The molecule has 18 heavy (non-hydrogen) atoms. The van der Waals surface area contributed by atoms with E-state index in [-0.39, 0.29) is 0 Å². The smallest absolute Gasteiger partial charge is 0.0704 e. The molecule has 1 aliphatic rings. The highest BCUT2D eigenvalue weighted by Crippen LogP contribution is 2.34. The maximum absolute atomic E-state index is 5.88. The fourth-order valence-corrected chi connectivity index (χ4v) is 3.31. The third-order valence-electron chi connectivity index (χ3n) is 4.34. The van der Waals surface area contributed by atoms with E-state index in [0.717, 1.165) is 30.3 Å². The Labute approximate surface area is 108 Å². The van der Waals surface area contributed by atoms with Gasteiger partial charge in [-0.3, -0.25) is 4.98 Å². The summed E-state index contributed by atoms with van der Waals surface area (Å²) < 4.78 is 0. The predicted molar refractivity (Wildman–Crippen MR) is 75.3 cm³/mol. The lowest BCUT2D eigenvalue weighted by Crippen LogP contribution is -2.20. The van der Waals surface area contributed by atoms with Crippen molar-refractivity contribution in [1.82, 2.24) is 4.98 Å². The molecule has 0 spiro atoms. The van der Waals surface area contributed by atoms with Gasteiger partial charge < -0.3 is 5.73 Å².